The number of nitrogens with one attached hydrogen (secondary N) is 2. The van der Waals surface area contributed by atoms with Crippen molar-refractivity contribution in [3.8, 4) is 0 Å². The number of carbonyl (C=O) groups excluding carboxylic acids is 2. The van der Waals surface area contributed by atoms with Crippen molar-refractivity contribution >= 4 is 24.2 Å². The van der Waals surface area contributed by atoms with Crippen LogP contribution in [0.2, 0.25) is 0 Å². The minimum atomic E-state index is -0.311. The third-order valence-electron chi connectivity index (χ3n) is 3.25. The number of hydrogen-bond donors (Lipinski definition) is 2. The number of amides is 2. The predicted molar refractivity (Wildman–Crippen MR) is 78.4 cm³/mol. The molecule has 0 spiro atoms. The SMILES string of the molecule is CNCCCNC(=O)C(C(C)C)N1CCCC1=O.Cl. The highest BCUT2D eigenvalue weighted by molar-refractivity contribution is 5.88. The van der Waals surface area contributed by atoms with E-state index in [4.69, 9.17) is 0 Å². The van der Waals surface area contributed by atoms with Crippen LogP contribution in [0.5, 0.6) is 0 Å². The zero-order valence-corrected chi connectivity index (χ0v) is 12.9. The van der Waals surface area contributed by atoms with Gasteiger partial charge in [-0.05, 0) is 32.4 Å². The monoisotopic (exact) mass is 291 g/mol. The second-order valence-electron chi connectivity index (χ2n) is 5.13. The van der Waals surface area contributed by atoms with Crippen molar-refractivity contribution in [1.29, 1.82) is 0 Å². The van der Waals surface area contributed by atoms with E-state index >= 15 is 0 Å². The highest BCUT2D eigenvalue weighted by Gasteiger charge is 2.34. The Morgan fingerprint density at radius 1 is 1.37 bits per heavy atom. The number of rotatable bonds is 7. The molecule has 1 unspecified atom stereocenters. The second kappa shape index (κ2) is 9.15. The van der Waals surface area contributed by atoms with E-state index < -0.39 is 0 Å². The van der Waals surface area contributed by atoms with Crippen LogP contribution in [0.15, 0.2) is 0 Å². The van der Waals surface area contributed by atoms with Gasteiger partial charge in [-0.3, -0.25) is 9.59 Å². The lowest BCUT2D eigenvalue weighted by molar-refractivity contribution is -0.139. The van der Waals surface area contributed by atoms with E-state index in [9.17, 15) is 9.59 Å². The molecule has 2 amide bonds. The van der Waals surface area contributed by atoms with Gasteiger partial charge >= 0.3 is 0 Å². The van der Waals surface area contributed by atoms with Gasteiger partial charge in [0.15, 0.2) is 0 Å². The Morgan fingerprint density at radius 2 is 2.05 bits per heavy atom. The molecule has 0 saturated carbocycles. The molecule has 2 N–H and O–H groups in total. The van der Waals surface area contributed by atoms with Gasteiger partial charge in [-0.1, -0.05) is 13.8 Å². The summed E-state index contributed by atoms with van der Waals surface area (Å²) >= 11 is 0. The van der Waals surface area contributed by atoms with E-state index in [1.54, 1.807) is 4.90 Å². The third kappa shape index (κ3) is 5.37. The smallest absolute Gasteiger partial charge is 0.243 e. The van der Waals surface area contributed by atoms with Gasteiger partial charge in [-0.15, -0.1) is 12.4 Å². The summed E-state index contributed by atoms with van der Waals surface area (Å²) < 4.78 is 0. The standard InChI is InChI=1S/C13H25N3O2.ClH/c1-10(2)12(16-9-4-6-11(16)17)13(18)15-8-5-7-14-3;/h10,12,14H,4-9H2,1-3H3,(H,15,18);1H. The summed E-state index contributed by atoms with van der Waals surface area (Å²) in [7, 11) is 1.89. The first-order valence-electron chi connectivity index (χ1n) is 6.79. The Hall–Kier alpha value is -0.810. The highest BCUT2D eigenvalue weighted by Crippen LogP contribution is 2.19. The largest absolute Gasteiger partial charge is 0.354 e. The molecule has 0 bridgehead atoms. The first-order chi connectivity index (χ1) is 8.57. The molecule has 6 heteroatoms. The van der Waals surface area contributed by atoms with E-state index in [1.165, 1.54) is 0 Å². The summed E-state index contributed by atoms with van der Waals surface area (Å²) in [5.74, 6) is 0.242. The van der Waals surface area contributed by atoms with Crippen molar-refractivity contribution in [2.24, 2.45) is 5.92 Å². The van der Waals surface area contributed by atoms with Gasteiger partial charge < -0.3 is 15.5 Å². The molecule has 0 radical (unpaired) electrons. The first kappa shape index (κ1) is 18.2. The van der Waals surface area contributed by atoms with Crippen molar-refractivity contribution in [3.63, 3.8) is 0 Å². The summed E-state index contributed by atoms with van der Waals surface area (Å²) in [4.78, 5) is 25.6. The molecule has 0 aromatic heterocycles. The normalized spacial score (nSPS) is 16.4. The lowest BCUT2D eigenvalue weighted by atomic mass is 10.0. The Balaban J connectivity index is 0.00000324. The fourth-order valence-corrected chi connectivity index (χ4v) is 2.35. The van der Waals surface area contributed by atoms with Crippen LogP contribution < -0.4 is 10.6 Å². The molecule has 1 atom stereocenters. The minimum absolute atomic E-state index is 0. The van der Waals surface area contributed by atoms with Gasteiger partial charge in [0.25, 0.3) is 0 Å². The zero-order valence-electron chi connectivity index (χ0n) is 12.1. The van der Waals surface area contributed by atoms with Crippen molar-refractivity contribution in [2.75, 3.05) is 26.7 Å². The topological polar surface area (TPSA) is 61.4 Å². The average Bonchev–Trinajstić information content (AvgIpc) is 2.71. The number of nitrogens with zero attached hydrogens (tertiary/aromatic N) is 1. The zero-order chi connectivity index (χ0) is 13.5. The van der Waals surface area contributed by atoms with Crippen molar-refractivity contribution in [2.45, 2.75) is 39.2 Å². The van der Waals surface area contributed by atoms with Gasteiger partial charge in [-0.2, -0.15) is 0 Å². The van der Waals surface area contributed by atoms with Crippen molar-refractivity contribution in [3.05, 3.63) is 0 Å². The average molecular weight is 292 g/mol. The molecule has 1 aliphatic rings. The Bertz CT molecular complexity index is 298. The Labute approximate surface area is 121 Å². The molecule has 1 saturated heterocycles. The fraction of sp³-hybridized carbons (Fsp3) is 0.846. The molecule has 1 rings (SSSR count). The van der Waals surface area contributed by atoms with E-state index in [0.29, 0.717) is 19.5 Å². The maximum atomic E-state index is 12.2. The van der Waals surface area contributed by atoms with Crippen LogP contribution in [-0.2, 0) is 9.59 Å². The molecule has 5 nitrogen and oxygen atoms in total. The molecule has 0 aromatic rings. The van der Waals surface area contributed by atoms with E-state index in [0.717, 1.165) is 19.4 Å². The Morgan fingerprint density at radius 3 is 2.53 bits per heavy atom. The highest BCUT2D eigenvalue weighted by atomic mass is 35.5. The Kier molecular flexibility index (Phi) is 8.76. The number of hydrogen-bond acceptors (Lipinski definition) is 3. The molecule has 19 heavy (non-hydrogen) atoms. The maximum absolute atomic E-state index is 12.2. The molecule has 112 valence electrons. The number of carbonyl (C=O) groups is 2. The minimum Gasteiger partial charge on any atom is -0.354 e. The molecule has 0 aliphatic carbocycles. The van der Waals surface area contributed by atoms with Crippen LogP contribution >= 0.6 is 12.4 Å². The lowest BCUT2D eigenvalue weighted by Crippen LogP contribution is -2.50. The van der Waals surface area contributed by atoms with Gasteiger partial charge in [0.05, 0.1) is 0 Å². The van der Waals surface area contributed by atoms with Gasteiger partial charge in [-0.25, -0.2) is 0 Å². The summed E-state index contributed by atoms with van der Waals surface area (Å²) in [5.41, 5.74) is 0. The van der Waals surface area contributed by atoms with Gasteiger partial charge in [0.1, 0.15) is 6.04 Å². The molecular formula is C13H26ClN3O2. The molecule has 1 heterocycles. The van der Waals surface area contributed by atoms with Crippen LogP contribution in [0, 0.1) is 5.92 Å². The van der Waals surface area contributed by atoms with Crippen LogP contribution in [0.4, 0.5) is 0 Å². The van der Waals surface area contributed by atoms with Gasteiger partial charge in [0.2, 0.25) is 11.8 Å². The van der Waals surface area contributed by atoms with E-state index in [1.807, 2.05) is 20.9 Å². The summed E-state index contributed by atoms with van der Waals surface area (Å²) in [6.07, 6.45) is 2.35. The fourth-order valence-electron chi connectivity index (χ4n) is 2.35. The quantitative estimate of drug-likeness (QED) is 0.682. The van der Waals surface area contributed by atoms with Crippen LogP contribution in [0.25, 0.3) is 0 Å². The molecular weight excluding hydrogens is 266 g/mol. The molecule has 0 aromatic carbocycles. The van der Waals surface area contributed by atoms with Crippen LogP contribution in [-0.4, -0.2) is 49.4 Å². The van der Waals surface area contributed by atoms with Crippen molar-refractivity contribution in [1.82, 2.24) is 15.5 Å². The second-order valence-corrected chi connectivity index (χ2v) is 5.13. The first-order valence-corrected chi connectivity index (χ1v) is 6.79. The van der Waals surface area contributed by atoms with Gasteiger partial charge in [0, 0.05) is 19.5 Å². The van der Waals surface area contributed by atoms with E-state index in [2.05, 4.69) is 10.6 Å². The van der Waals surface area contributed by atoms with E-state index in [-0.39, 0.29) is 36.2 Å². The van der Waals surface area contributed by atoms with Crippen LogP contribution in [0.3, 0.4) is 0 Å². The van der Waals surface area contributed by atoms with Crippen LogP contribution in [0.1, 0.15) is 33.1 Å². The lowest BCUT2D eigenvalue weighted by Gasteiger charge is -2.29. The summed E-state index contributed by atoms with van der Waals surface area (Å²) in [6, 6.07) is -0.311. The van der Waals surface area contributed by atoms with Crippen molar-refractivity contribution < 1.29 is 9.59 Å². The molecule has 1 fully saturated rings. The summed E-state index contributed by atoms with van der Waals surface area (Å²) in [5, 5.41) is 5.96. The number of halogens is 1. The number of likely N-dealkylation sites (tertiary alicyclic amines) is 1. The summed E-state index contributed by atoms with van der Waals surface area (Å²) in [6.45, 7) is 6.23. The molecule has 1 aliphatic heterocycles. The maximum Gasteiger partial charge on any atom is 0.243 e. The predicted octanol–water partition coefficient (Wildman–Crippen LogP) is 0.781. The third-order valence-corrected chi connectivity index (χ3v) is 3.25.